The van der Waals surface area contributed by atoms with Crippen molar-refractivity contribution in [3.05, 3.63) is 317 Å². The molecule has 0 amide bonds. The molecule has 354 valence electrons. The molecule has 0 nitrogen and oxygen atoms in total. The highest BCUT2D eigenvalue weighted by molar-refractivity contribution is 7.83. The molecule has 0 saturated heterocycles. The van der Waals surface area contributed by atoms with Crippen LogP contribution in [0.15, 0.2) is 300 Å². The summed E-state index contributed by atoms with van der Waals surface area (Å²) in [5.41, 5.74) is 15.5. The number of rotatable bonds is 13. The van der Waals surface area contributed by atoms with E-state index in [0.717, 1.165) is 37.7 Å². The number of fused-ring (bicyclic) bond motifs is 7. The van der Waals surface area contributed by atoms with E-state index in [4.69, 9.17) is 6.58 Å². The van der Waals surface area contributed by atoms with Gasteiger partial charge in [0.25, 0.3) is 0 Å². The third-order valence-electron chi connectivity index (χ3n) is 14.4. The van der Waals surface area contributed by atoms with Gasteiger partial charge in [-0.05, 0) is 161 Å². The zero-order chi connectivity index (χ0) is 49.8. The van der Waals surface area contributed by atoms with Crippen molar-refractivity contribution >= 4 is 61.3 Å². The van der Waals surface area contributed by atoms with Crippen LogP contribution in [0.5, 0.6) is 0 Å². The van der Waals surface area contributed by atoms with Gasteiger partial charge in [0.15, 0.2) is 0 Å². The van der Waals surface area contributed by atoms with E-state index in [9.17, 15) is 0 Å². The topological polar surface area (TPSA) is 0 Å². The van der Waals surface area contributed by atoms with Crippen LogP contribution in [0.2, 0.25) is 0 Å². The maximum absolute atomic E-state index is 4.89. The zero-order valence-corrected chi connectivity index (χ0v) is 42.7. The van der Waals surface area contributed by atoms with Crippen LogP contribution in [0.1, 0.15) is 62.1 Å². The van der Waals surface area contributed by atoms with Crippen LogP contribution in [0.4, 0.5) is 0 Å². The molecule has 0 fully saturated rings. The molecule has 7 aromatic carbocycles. The van der Waals surface area contributed by atoms with E-state index in [1.165, 1.54) is 104 Å². The second-order valence-electron chi connectivity index (χ2n) is 18.9. The summed E-state index contributed by atoms with van der Waals surface area (Å²) in [4.78, 5) is 0. The lowest BCUT2D eigenvalue weighted by atomic mass is 9.72. The Hall–Kier alpha value is -7.71. The highest BCUT2D eigenvalue weighted by Gasteiger charge is 2.29. The lowest BCUT2D eigenvalue weighted by molar-refractivity contribution is 0.677. The van der Waals surface area contributed by atoms with Crippen LogP contribution in [0.3, 0.4) is 0 Å². The monoisotopic (exact) mass is 948 g/mol. The molecule has 0 heterocycles. The molecule has 1 heteroatoms. The van der Waals surface area contributed by atoms with E-state index in [-0.39, 0.29) is 0 Å². The van der Waals surface area contributed by atoms with Crippen molar-refractivity contribution in [3.63, 3.8) is 0 Å². The molecule has 2 atom stereocenters. The Morgan fingerprint density at radius 2 is 1.33 bits per heavy atom. The minimum Gasteiger partial charge on any atom is -0.151 e. The van der Waals surface area contributed by atoms with Crippen LogP contribution < -0.4 is 0 Å². The molecule has 0 aromatic heterocycles. The largest absolute Gasteiger partial charge is 0.151 e. The summed E-state index contributed by atoms with van der Waals surface area (Å²) < 4.78 is 0. The first-order chi connectivity index (χ1) is 35.4. The maximum atomic E-state index is 4.89. The van der Waals surface area contributed by atoms with Gasteiger partial charge in [0.2, 0.25) is 0 Å². The van der Waals surface area contributed by atoms with Gasteiger partial charge in [0.1, 0.15) is 0 Å². The zero-order valence-electron chi connectivity index (χ0n) is 41.8. The van der Waals surface area contributed by atoms with Crippen LogP contribution in [0, 0.1) is 5.92 Å². The smallest absolute Gasteiger partial charge is 0.00890 e. The number of thiol groups is 1. The highest BCUT2D eigenvalue weighted by Crippen LogP contribution is 2.46. The molecule has 0 aliphatic heterocycles. The normalized spacial score (nSPS) is 17.9. The average molecular weight is 949 g/mol. The molecule has 2 unspecified atom stereocenters. The first kappa shape index (κ1) is 49.3. The molecule has 0 bridgehead atoms. The Kier molecular flexibility index (Phi) is 16.1. The van der Waals surface area contributed by atoms with Crippen LogP contribution in [0.25, 0.3) is 48.7 Å². The van der Waals surface area contributed by atoms with Gasteiger partial charge in [-0.1, -0.05) is 257 Å². The van der Waals surface area contributed by atoms with Gasteiger partial charge in [0, 0.05) is 5.92 Å². The van der Waals surface area contributed by atoms with Gasteiger partial charge in [-0.3, -0.25) is 0 Å². The van der Waals surface area contributed by atoms with Gasteiger partial charge in [-0.15, -0.1) is 0 Å². The molecule has 0 spiro atoms. The lowest BCUT2D eigenvalue weighted by Crippen LogP contribution is -2.16. The Bertz CT molecular complexity index is 3560. The molecule has 3 aliphatic carbocycles. The Morgan fingerprint density at radius 1 is 0.694 bits per heavy atom. The number of hydrogen-bond donors (Lipinski definition) is 1. The maximum Gasteiger partial charge on any atom is 0.00890 e. The lowest BCUT2D eigenvalue weighted by Gasteiger charge is -2.32. The minimum atomic E-state index is 0.359. The first-order valence-electron chi connectivity index (χ1n) is 25.4. The summed E-state index contributed by atoms with van der Waals surface area (Å²) in [7, 11) is 0. The van der Waals surface area contributed by atoms with Crippen LogP contribution >= 0.6 is 12.6 Å². The van der Waals surface area contributed by atoms with Crippen molar-refractivity contribution < 1.29 is 0 Å². The fraction of sp³-hybridized carbons (Fsp3) is 0.127. The summed E-state index contributed by atoms with van der Waals surface area (Å²) in [6.45, 7) is 16.1. The van der Waals surface area contributed by atoms with Gasteiger partial charge in [-0.2, -0.15) is 12.6 Å². The second-order valence-corrected chi connectivity index (χ2v) is 19.2. The molecule has 7 aromatic rings. The molecular formula is C71H64S. The van der Waals surface area contributed by atoms with Gasteiger partial charge in [0.05, 0.1) is 0 Å². The van der Waals surface area contributed by atoms with Crippen molar-refractivity contribution in [2.75, 3.05) is 0 Å². The average Bonchev–Trinajstić information content (AvgIpc) is 3.43. The first-order valence-corrected chi connectivity index (χ1v) is 25.9. The van der Waals surface area contributed by atoms with Crippen molar-refractivity contribution in [1.29, 1.82) is 0 Å². The molecule has 72 heavy (non-hydrogen) atoms. The van der Waals surface area contributed by atoms with E-state index >= 15 is 0 Å². The quantitative estimate of drug-likeness (QED) is 0.0665. The number of allylic oxidation sites excluding steroid dienone is 24. The van der Waals surface area contributed by atoms with Crippen molar-refractivity contribution in [3.8, 4) is 0 Å². The van der Waals surface area contributed by atoms with Crippen molar-refractivity contribution in [2.24, 2.45) is 5.92 Å². The summed E-state index contributed by atoms with van der Waals surface area (Å²) in [5, 5.41) is 12.1. The standard InChI is InChI=1S/C67H58S.C4H6/c1-4-49(65-45-53-26-10-13-30-59(53)62-33-16-17-34-63(62)65)37-36-47(3)67-55(39-38-51-24-8-11-28-57(51)50-22-6-5-7-23-50)44-54(66-46(2)20-18-35-64(66)67)27-19-21-48(40-41-68)42-56-43-52-25-9-12-29-58(52)61-32-15-14-31-60(56)61;1-3-4-2/h4-19,21-27,29-37,39-41,43,45-46,57,68H,3,20,28,38,42,44H2,1-2H3;3-4H,1-2H2/b27-19+,37-36-,41-40-,48-21+,49-4+,55-39+;. The summed E-state index contributed by atoms with van der Waals surface area (Å²) in [6.07, 6.45) is 37.9. The van der Waals surface area contributed by atoms with E-state index in [2.05, 4.69) is 258 Å². The third kappa shape index (κ3) is 10.8. The molecule has 0 saturated carbocycles. The van der Waals surface area contributed by atoms with Crippen molar-refractivity contribution in [2.45, 2.75) is 51.9 Å². The van der Waals surface area contributed by atoms with Crippen molar-refractivity contribution in [1.82, 2.24) is 0 Å². The Morgan fingerprint density at radius 3 is 2.03 bits per heavy atom. The Labute approximate surface area is 433 Å². The third-order valence-corrected chi connectivity index (χ3v) is 14.6. The summed E-state index contributed by atoms with van der Waals surface area (Å²) in [6, 6.07) is 50.8. The minimum absolute atomic E-state index is 0.359. The predicted octanol–water partition coefficient (Wildman–Crippen LogP) is 19.9. The molecular weight excluding hydrogens is 885 g/mol. The van der Waals surface area contributed by atoms with Gasteiger partial charge >= 0.3 is 0 Å². The number of hydrogen-bond acceptors (Lipinski definition) is 1. The number of benzene rings is 7. The predicted molar refractivity (Wildman–Crippen MR) is 320 cm³/mol. The molecule has 10 rings (SSSR count). The second kappa shape index (κ2) is 23.5. The van der Waals surface area contributed by atoms with E-state index in [1.54, 1.807) is 12.2 Å². The molecule has 0 radical (unpaired) electrons. The SMILES string of the molecule is C=C(/C=C\C(=C/C)c1cc2ccccc2c2ccccc12)C1=C2C=CCC(C)C2=C(/C=C/C=C(\C=C/S)Cc2cc3ccccc3c3ccccc23)C/C1=C\CC1=CC=CCC1c1ccccc1.C=CC=C. The van der Waals surface area contributed by atoms with E-state index < -0.39 is 0 Å². The van der Waals surface area contributed by atoms with Gasteiger partial charge < -0.3 is 0 Å². The molecule has 3 aliphatic rings. The van der Waals surface area contributed by atoms with E-state index in [0.29, 0.717) is 11.8 Å². The summed E-state index contributed by atoms with van der Waals surface area (Å²) >= 11 is 4.58. The fourth-order valence-electron chi connectivity index (χ4n) is 11.0. The Balaban J connectivity index is 0.00000154. The molecule has 0 N–H and O–H groups in total. The van der Waals surface area contributed by atoms with Gasteiger partial charge in [-0.25, -0.2) is 0 Å². The van der Waals surface area contributed by atoms with E-state index in [1.807, 2.05) is 5.41 Å². The summed E-state index contributed by atoms with van der Waals surface area (Å²) in [5.74, 6) is 0.731. The highest BCUT2D eigenvalue weighted by atomic mass is 32.1. The fourth-order valence-corrected chi connectivity index (χ4v) is 11.1. The van der Waals surface area contributed by atoms with Crippen LogP contribution in [-0.2, 0) is 6.42 Å². The van der Waals surface area contributed by atoms with Crippen LogP contribution in [-0.4, -0.2) is 0 Å².